The van der Waals surface area contributed by atoms with Crippen LogP contribution in [-0.4, -0.2) is 18.3 Å². The Morgan fingerprint density at radius 3 is 2.28 bits per heavy atom. The molecule has 0 aliphatic heterocycles. The number of alkyl halides is 4. The van der Waals surface area contributed by atoms with Crippen LogP contribution in [-0.2, 0) is 4.79 Å². The normalized spacial score (nSPS) is 12.9. The molecule has 1 aromatic carbocycles. The van der Waals surface area contributed by atoms with E-state index in [2.05, 4.69) is 0 Å². The number of amides is 1. The van der Waals surface area contributed by atoms with E-state index >= 15 is 0 Å². The fourth-order valence-electron chi connectivity index (χ4n) is 1.16. The zero-order valence-electron chi connectivity index (χ0n) is 8.91. The molecule has 0 saturated carbocycles. The van der Waals surface area contributed by atoms with Gasteiger partial charge in [0.05, 0.1) is 6.07 Å². The van der Waals surface area contributed by atoms with Crippen LogP contribution in [0.4, 0.5) is 17.6 Å². The van der Waals surface area contributed by atoms with Gasteiger partial charge in [-0.15, -0.1) is 0 Å². The van der Waals surface area contributed by atoms with Gasteiger partial charge in [-0.05, 0) is 5.56 Å². The number of rotatable bonds is 4. The lowest BCUT2D eigenvalue weighted by molar-refractivity contribution is -0.169. The molecule has 0 aliphatic rings. The van der Waals surface area contributed by atoms with E-state index in [1.807, 2.05) is 0 Å². The summed E-state index contributed by atoms with van der Waals surface area (Å²) in [5.41, 5.74) is 0.235. The standard InChI is InChI=1S/C11H8F4N2O/c12-9(13)11(14,15)10(18)17-8(6-16)7-4-2-1-3-5-7/h1-5,8-9H,(H,17,18). The lowest BCUT2D eigenvalue weighted by atomic mass is 10.1. The number of benzene rings is 1. The maximum Gasteiger partial charge on any atom is 0.383 e. The number of nitriles is 1. The van der Waals surface area contributed by atoms with Crippen LogP contribution in [0.15, 0.2) is 30.3 Å². The highest BCUT2D eigenvalue weighted by Gasteiger charge is 2.49. The molecule has 1 amide bonds. The first-order valence-electron chi connectivity index (χ1n) is 4.81. The Labute approximate surface area is 100 Å². The van der Waals surface area contributed by atoms with Gasteiger partial charge in [-0.2, -0.15) is 14.0 Å². The van der Waals surface area contributed by atoms with Crippen LogP contribution in [0.1, 0.15) is 11.6 Å². The molecule has 0 radical (unpaired) electrons. The summed E-state index contributed by atoms with van der Waals surface area (Å²) < 4.78 is 49.2. The topological polar surface area (TPSA) is 52.9 Å². The Morgan fingerprint density at radius 1 is 1.28 bits per heavy atom. The van der Waals surface area contributed by atoms with E-state index in [9.17, 15) is 22.4 Å². The molecule has 0 aromatic heterocycles. The minimum absolute atomic E-state index is 0.235. The summed E-state index contributed by atoms with van der Waals surface area (Å²) in [6.45, 7) is 0. The highest BCUT2D eigenvalue weighted by Crippen LogP contribution is 2.24. The third kappa shape index (κ3) is 2.97. The van der Waals surface area contributed by atoms with Gasteiger partial charge in [0.1, 0.15) is 6.04 Å². The summed E-state index contributed by atoms with van der Waals surface area (Å²) in [4.78, 5) is 11.0. The molecule has 0 saturated heterocycles. The third-order valence-corrected chi connectivity index (χ3v) is 2.11. The van der Waals surface area contributed by atoms with E-state index < -0.39 is 24.3 Å². The van der Waals surface area contributed by atoms with Gasteiger partial charge in [0.2, 0.25) is 0 Å². The molecule has 3 nitrogen and oxygen atoms in total. The second-order valence-corrected chi connectivity index (χ2v) is 3.37. The summed E-state index contributed by atoms with van der Waals surface area (Å²) in [6.07, 6.45) is -4.12. The van der Waals surface area contributed by atoms with Crippen LogP contribution in [0, 0.1) is 11.3 Å². The van der Waals surface area contributed by atoms with Crippen molar-refractivity contribution in [2.45, 2.75) is 18.4 Å². The first-order valence-corrected chi connectivity index (χ1v) is 4.81. The van der Waals surface area contributed by atoms with Gasteiger partial charge >= 0.3 is 12.3 Å². The molecular weight excluding hydrogens is 252 g/mol. The summed E-state index contributed by atoms with van der Waals surface area (Å²) in [6, 6.07) is 7.64. The molecule has 0 spiro atoms. The Balaban J connectivity index is 2.84. The molecule has 0 aliphatic carbocycles. The number of nitrogens with one attached hydrogen (secondary N) is 1. The van der Waals surface area contributed by atoms with Gasteiger partial charge in [0.15, 0.2) is 0 Å². The van der Waals surface area contributed by atoms with Crippen LogP contribution in [0.2, 0.25) is 0 Å². The van der Waals surface area contributed by atoms with Crippen LogP contribution < -0.4 is 5.32 Å². The quantitative estimate of drug-likeness (QED) is 0.844. The minimum Gasteiger partial charge on any atom is -0.331 e. The van der Waals surface area contributed by atoms with E-state index in [1.54, 1.807) is 17.5 Å². The number of hydrogen-bond acceptors (Lipinski definition) is 2. The van der Waals surface area contributed by atoms with Crippen LogP contribution >= 0.6 is 0 Å². The van der Waals surface area contributed by atoms with E-state index in [0.29, 0.717) is 0 Å². The van der Waals surface area contributed by atoms with E-state index in [1.165, 1.54) is 24.3 Å². The zero-order chi connectivity index (χ0) is 13.8. The molecule has 1 atom stereocenters. The van der Waals surface area contributed by atoms with E-state index in [-0.39, 0.29) is 5.56 Å². The maximum absolute atomic E-state index is 12.7. The fourth-order valence-corrected chi connectivity index (χ4v) is 1.16. The molecule has 0 bridgehead atoms. The highest BCUT2D eigenvalue weighted by atomic mass is 19.3. The first kappa shape index (κ1) is 14.0. The number of carbonyl (C=O) groups is 1. The maximum atomic E-state index is 12.7. The summed E-state index contributed by atoms with van der Waals surface area (Å²) in [5, 5.41) is 10.3. The number of carbonyl (C=O) groups excluding carboxylic acids is 1. The predicted octanol–water partition coefficient (Wildman–Crippen LogP) is 2.27. The number of hydrogen-bond donors (Lipinski definition) is 1. The van der Waals surface area contributed by atoms with Crippen molar-refractivity contribution in [3.05, 3.63) is 35.9 Å². The third-order valence-electron chi connectivity index (χ3n) is 2.11. The molecular formula is C11H8F4N2O. The van der Waals surface area contributed by atoms with E-state index in [4.69, 9.17) is 5.26 Å². The molecule has 18 heavy (non-hydrogen) atoms. The smallest absolute Gasteiger partial charge is 0.331 e. The van der Waals surface area contributed by atoms with Gasteiger partial charge in [-0.3, -0.25) is 4.79 Å². The van der Waals surface area contributed by atoms with E-state index in [0.717, 1.165) is 0 Å². The van der Waals surface area contributed by atoms with Crippen molar-refractivity contribution in [2.75, 3.05) is 0 Å². The monoisotopic (exact) mass is 260 g/mol. The molecule has 0 fully saturated rings. The first-order chi connectivity index (χ1) is 8.39. The zero-order valence-corrected chi connectivity index (χ0v) is 8.91. The van der Waals surface area contributed by atoms with Gasteiger partial charge in [0, 0.05) is 0 Å². The van der Waals surface area contributed by atoms with Crippen LogP contribution in [0.25, 0.3) is 0 Å². The second kappa shape index (κ2) is 5.49. The van der Waals surface area contributed by atoms with Crippen molar-refractivity contribution in [2.24, 2.45) is 0 Å². The molecule has 0 heterocycles. The van der Waals surface area contributed by atoms with Crippen molar-refractivity contribution in [1.29, 1.82) is 5.26 Å². The summed E-state index contributed by atoms with van der Waals surface area (Å²) in [7, 11) is 0. The van der Waals surface area contributed by atoms with Crippen molar-refractivity contribution in [3.63, 3.8) is 0 Å². The number of halogens is 4. The lowest BCUT2D eigenvalue weighted by Crippen LogP contribution is -2.46. The number of nitrogens with zero attached hydrogens (tertiary/aromatic N) is 1. The molecule has 1 rings (SSSR count). The Kier molecular flexibility index (Phi) is 4.26. The summed E-state index contributed by atoms with van der Waals surface area (Å²) in [5.74, 6) is -6.99. The van der Waals surface area contributed by atoms with Crippen LogP contribution in [0.5, 0.6) is 0 Å². The predicted molar refractivity (Wildman–Crippen MR) is 53.9 cm³/mol. The molecule has 96 valence electrons. The Bertz CT molecular complexity index is 456. The minimum atomic E-state index is -4.82. The second-order valence-electron chi connectivity index (χ2n) is 3.37. The summed E-state index contributed by atoms with van der Waals surface area (Å²) >= 11 is 0. The van der Waals surface area contributed by atoms with Crippen molar-refractivity contribution in [3.8, 4) is 6.07 Å². The van der Waals surface area contributed by atoms with Gasteiger partial charge in [-0.25, -0.2) is 8.78 Å². The molecule has 1 unspecified atom stereocenters. The van der Waals surface area contributed by atoms with Gasteiger partial charge < -0.3 is 5.32 Å². The average molecular weight is 260 g/mol. The van der Waals surface area contributed by atoms with Crippen molar-refractivity contribution >= 4 is 5.91 Å². The largest absolute Gasteiger partial charge is 0.383 e. The highest BCUT2D eigenvalue weighted by molar-refractivity contribution is 5.84. The molecule has 1 aromatic rings. The lowest BCUT2D eigenvalue weighted by Gasteiger charge is -2.17. The Hall–Kier alpha value is -2.10. The molecule has 1 N–H and O–H groups in total. The Morgan fingerprint density at radius 2 is 1.83 bits per heavy atom. The van der Waals surface area contributed by atoms with Gasteiger partial charge in [-0.1, -0.05) is 30.3 Å². The fraction of sp³-hybridized carbons (Fsp3) is 0.273. The SMILES string of the molecule is N#CC(NC(=O)C(F)(F)C(F)F)c1ccccc1. The van der Waals surface area contributed by atoms with Crippen LogP contribution in [0.3, 0.4) is 0 Å². The van der Waals surface area contributed by atoms with Crippen molar-refractivity contribution < 1.29 is 22.4 Å². The average Bonchev–Trinajstić information content (AvgIpc) is 2.36. The molecule has 7 heteroatoms. The van der Waals surface area contributed by atoms with Gasteiger partial charge in [0.25, 0.3) is 5.91 Å². The van der Waals surface area contributed by atoms with Crippen molar-refractivity contribution in [1.82, 2.24) is 5.32 Å².